The first-order chi connectivity index (χ1) is 15.7. The fourth-order valence-corrected chi connectivity index (χ4v) is 3.78. The van der Waals surface area contributed by atoms with Gasteiger partial charge in [0.25, 0.3) is 5.91 Å². The zero-order valence-electron chi connectivity index (χ0n) is 18.5. The van der Waals surface area contributed by atoms with Crippen LogP contribution >= 0.6 is 0 Å². The van der Waals surface area contributed by atoms with Crippen molar-refractivity contribution in [2.75, 3.05) is 30.4 Å². The van der Waals surface area contributed by atoms with Crippen molar-refractivity contribution in [1.82, 2.24) is 30.0 Å². The largest absolute Gasteiger partial charge is 0.318 e. The number of nitrogens with zero attached hydrogens (tertiary/aromatic N) is 5. The summed E-state index contributed by atoms with van der Waals surface area (Å²) in [6.07, 6.45) is 7.92. The summed E-state index contributed by atoms with van der Waals surface area (Å²) in [7, 11) is 1.52. The number of hydrogen-bond donors (Lipinski definition) is 3. The number of hydrogen-bond acceptors (Lipinski definition) is 7. The van der Waals surface area contributed by atoms with E-state index in [4.69, 9.17) is 0 Å². The number of pyridine rings is 1. The summed E-state index contributed by atoms with van der Waals surface area (Å²) >= 11 is 0. The lowest BCUT2D eigenvalue weighted by atomic mass is 10.0. The van der Waals surface area contributed by atoms with E-state index in [1.54, 1.807) is 6.20 Å². The SMILES string of the molecule is C=S(C)(=O)Nc1ncc(NC(=O)c2n[nH]c3ccc(-c4cncc(CN(C)C)c4)cc23)cn1. The summed E-state index contributed by atoms with van der Waals surface area (Å²) in [6.45, 7) is 0.781. The standard InChI is InChI=1S/C22H24N8O2S/c1-30(2)13-14-7-16(10-23-9-14)15-5-6-19-18(8-15)20(28-27-19)21(31)26-17-11-24-22(25-12-17)29-33(3,4)32/h5-12H,3,13H2,1-2,4H3,(H,26,31)(H,27,28)(H,24,25,29,32). The van der Waals surface area contributed by atoms with Crippen molar-refractivity contribution in [3.8, 4) is 11.1 Å². The van der Waals surface area contributed by atoms with Gasteiger partial charge >= 0.3 is 0 Å². The van der Waals surface area contributed by atoms with Crippen molar-refractivity contribution in [1.29, 1.82) is 0 Å². The summed E-state index contributed by atoms with van der Waals surface area (Å²) in [5.41, 5.74) is 4.36. The van der Waals surface area contributed by atoms with Crippen LogP contribution in [0.5, 0.6) is 0 Å². The minimum absolute atomic E-state index is 0.162. The minimum atomic E-state index is -2.49. The molecule has 11 heteroatoms. The van der Waals surface area contributed by atoms with E-state index in [0.29, 0.717) is 11.1 Å². The number of H-pyrrole nitrogens is 1. The van der Waals surface area contributed by atoms with Gasteiger partial charge in [0.1, 0.15) is 0 Å². The van der Waals surface area contributed by atoms with E-state index in [1.807, 2.05) is 38.5 Å². The number of rotatable bonds is 7. The number of carbonyl (C=O) groups is 1. The molecule has 1 unspecified atom stereocenters. The molecule has 0 fully saturated rings. The summed E-state index contributed by atoms with van der Waals surface area (Å²) in [6, 6.07) is 7.85. The van der Waals surface area contributed by atoms with Gasteiger partial charge in [0, 0.05) is 45.9 Å². The average Bonchev–Trinajstić information content (AvgIpc) is 3.17. The van der Waals surface area contributed by atoms with Crippen LogP contribution in [0.3, 0.4) is 0 Å². The molecule has 4 rings (SSSR count). The van der Waals surface area contributed by atoms with Crippen LogP contribution in [-0.4, -0.2) is 66.4 Å². The topological polar surface area (TPSA) is 129 Å². The Hall–Kier alpha value is -3.83. The molecule has 0 saturated carbocycles. The van der Waals surface area contributed by atoms with Gasteiger partial charge in [-0.3, -0.25) is 19.6 Å². The molecule has 33 heavy (non-hydrogen) atoms. The monoisotopic (exact) mass is 464 g/mol. The Labute approximate surface area is 191 Å². The predicted octanol–water partition coefficient (Wildman–Crippen LogP) is 2.40. The molecule has 3 N–H and O–H groups in total. The molecule has 1 aromatic carbocycles. The molecule has 1 atom stereocenters. The summed E-state index contributed by atoms with van der Waals surface area (Å²) in [4.78, 5) is 27.4. The Bertz CT molecular complexity index is 1410. The highest BCUT2D eigenvalue weighted by Gasteiger charge is 2.16. The van der Waals surface area contributed by atoms with Crippen LogP contribution in [0.15, 0.2) is 49.1 Å². The van der Waals surface area contributed by atoms with Crippen molar-refractivity contribution < 1.29 is 9.00 Å². The van der Waals surface area contributed by atoms with Crippen molar-refractivity contribution >= 4 is 44.0 Å². The van der Waals surface area contributed by atoms with Crippen molar-refractivity contribution in [2.24, 2.45) is 0 Å². The molecule has 3 heterocycles. The van der Waals surface area contributed by atoms with Gasteiger partial charge in [-0.1, -0.05) is 6.07 Å². The Morgan fingerprint density at radius 1 is 1.12 bits per heavy atom. The van der Waals surface area contributed by atoms with E-state index in [9.17, 15) is 9.00 Å². The first kappa shape index (κ1) is 22.4. The fourth-order valence-electron chi connectivity index (χ4n) is 3.29. The molecule has 0 saturated heterocycles. The smallest absolute Gasteiger partial charge is 0.276 e. The van der Waals surface area contributed by atoms with Crippen LogP contribution in [0.2, 0.25) is 0 Å². The second kappa shape index (κ2) is 8.96. The quantitative estimate of drug-likeness (QED) is 0.358. The van der Waals surface area contributed by atoms with Crippen molar-refractivity contribution in [3.05, 3.63) is 60.3 Å². The number of aromatic nitrogens is 5. The predicted molar refractivity (Wildman–Crippen MR) is 132 cm³/mol. The van der Waals surface area contributed by atoms with Crippen LogP contribution in [0, 0.1) is 0 Å². The molecule has 3 aromatic heterocycles. The van der Waals surface area contributed by atoms with Crippen LogP contribution < -0.4 is 10.0 Å². The second-order valence-corrected chi connectivity index (χ2v) is 10.2. The molecule has 1 amide bonds. The zero-order chi connectivity index (χ0) is 23.6. The van der Waals surface area contributed by atoms with Gasteiger partial charge in [-0.25, -0.2) is 14.2 Å². The Morgan fingerprint density at radius 2 is 1.88 bits per heavy atom. The van der Waals surface area contributed by atoms with E-state index in [-0.39, 0.29) is 11.6 Å². The first-order valence-corrected chi connectivity index (χ1v) is 12.1. The van der Waals surface area contributed by atoms with Crippen molar-refractivity contribution in [2.45, 2.75) is 6.54 Å². The van der Waals surface area contributed by atoms with Crippen LogP contribution in [0.25, 0.3) is 22.0 Å². The fraction of sp³-hybridized carbons (Fsp3) is 0.182. The summed E-state index contributed by atoms with van der Waals surface area (Å²) in [5.74, 6) is 3.25. The van der Waals surface area contributed by atoms with Gasteiger partial charge in [-0.2, -0.15) is 5.10 Å². The number of anilines is 2. The molecular weight excluding hydrogens is 440 g/mol. The third-order valence-corrected chi connectivity index (χ3v) is 5.24. The lowest BCUT2D eigenvalue weighted by molar-refractivity contribution is 0.102. The maximum absolute atomic E-state index is 12.9. The first-order valence-electron chi connectivity index (χ1n) is 9.98. The number of fused-ring (bicyclic) bond motifs is 1. The third-order valence-electron chi connectivity index (χ3n) is 4.62. The molecule has 0 aliphatic carbocycles. The maximum atomic E-state index is 12.9. The highest BCUT2D eigenvalue weighted by molar-refractivity contribution is 8.00. The maximum Gasteiger partial charge on any atom is 0.276 e. The zero-order valence-corrected chi connectivity index (χ0v) is 19.3. The highest BCUT2D eigenvalue weighted by atomic mass is 32.2. The molecule has 4 aromatic rings. The van der Waals surface area contributed by atoms with E-state index in [1.165, 1.54) is 18.6 Å². The number of nitrogens with one attached hydrogen (secondary N) is 3. The Kier molecular flexibility index (Phi) is 6.07. The van der Waals surface area contributed by atoms with Crippen LogP contribution in [-0.2, 0) is 16.3 Å². The van der Waals surface area contributed by atoms with E-state index < -0.39 is 15.6 Å². The number of aromatic amines is 1. The number of carbonyl (C=O) groups excluding carboxylic acids is 1. The normalized spacial score (nSPS) is 13.1. The molecule has 0 bridgehead atoms. The summed E-state index contributed by atoms with van der Waals surface area (Å²) < 4.78 is 14.3. The Morgan fingerprint density at radius 3 is 2.58 bits per heavy atom. The van der Waals surface area contributed by atoms with Crippen molar-refractivity contribution in [3.63, 3.8) is 0 Å². The van der Waals surface area contributed by atoms with Gasteiger partial charge in [0.2, 0.25) is 5.95 Å². The molecule has 0 aliphatic rings. The van der Waals surface area contributed by atoms with E-state index >= 15 is 0 Å². The van der Waals surface area contributed by atoms with Gasteiger partial charge in [-0.05, 0) is 49.3 Å². The summed E-state index contributed by atoms with van der Waals surface area (Å²) in [5, 5.41) is 10.5. The third kappa shape index (κ3) is 5.51. The second-order valence-electron chi connectivity index (χ2n) is 8.01. The minimum Gasteiger partial charge on any atom is -0.318 e. The van der Waals surface area contributed by atoms with E-state index in [2.05, 4.69) is 52.0 Å². The number of benzene rings is 1. The van der Waals surface area contributed by atoms with E-state index in [0.717, 1.165) is 28.8 Å². The van der Waals surface area contributed by atoms with Gasteiger partial charge in [0.15, 0.2) is 5.69 Å². The average molecular weight is 465 g/mol. The van der Waals surface area contributed by atoms with Crippen LogP contribution in [0.1, 0.15) is 16.1 Å². The Balaban J connectivity index is 1.58. The highest BCUT2D eigenvalue weighted by Crippen LogP contribution is 2.26. The molecule has 0 radical (unpaired) electrons. The lowest BCUT2D eigenvalue weighted by Gasteiger charge is -2.10. The molecule has 10 nitrogen and oxygen atoms in total. The van der Waals surface area contributed by atoms with Gasteiger partial charge in [-0.15, -0.1) is 0 Å². The van der Waals surface area contributed by atoms with Crippen LogP contribution in [0.4, 0.5) is 11.6 Å². The molecular formula is C22H24N8O2S. The molecule has 0 aliphatic heterocycles. The lowest BCUT2D eigenvalue weighted by Crippen LogP contribution is -2.15. The van der Waals surface area contributed by atoms with Gasteiger partial charge < -0.3 is 10.2 Å². The molecule has 170 valence electrons. The number of amides is 1. The van der Waals surface area contributed by atoms with Gasteiger partial charge in [0.05, 0.1) is 23.6 Å². The molecule has 0 spiro atoms.